The van der Waals surface area contributed by atoms with E-state index in [-0.39, 0.29) is 24.0 Å². The molecule has 0 unspecified atom stereocenters. The fraction of sp³-hybridized carbons (Fsp3) is 0.409. The minimum atomic E-state index is 0. The molecule has 0 fully saturated rings. The minimum Gasteiger partial charge on any atom is -0.497 e. The second-order valence-corrected chi connectivity index (χ2v) is 6.42. The van der Waals surface area contributed by atoms with Crippen LogP contribution in [0.2, 0.25) is 0 Å². The average molecular weight is 513 g/mol. The Kier molecular flexibility index (Phi) is 11.3. The summed E-state index contributed by atoms with van der Waals surface area (Å²) in [6, 6.07) is 12.1. The summed E-state index contributed by atoms with van der Waals surface area (Å²) in [5.41, 5.74) is 3.45. The third-order valence-corrected chi connectivity index (χ3v) is 4.26. The van der Waals surface area contributed by atoms with Gasteiger partial charge in [0.15, 0.2) is 17.5 Å². The zero-order valence-corrected chi connectivity index (χ0v) is 20.2. The Morgan fingerprint density at radius 3 is 2.31 bits per heavy atom. The first-order chi connectivity index (χ1) is 13.6. The van der Waals surface area contributed by atoms with Gasteiger partial charge in [-0.25, -0.2) is 4.99 Å². The molecule has 0 aromatic heterocycles. The molecule has 0 heterocycles. The number of aliphatic imine (C=N–C) groups is 1. The Balaban J connectivity index is 0.00000420. The number of nitrogens with zero attached hydrogens (tertiary/aromatic N) is 1. The largest absolute Gasteiger partial charge is 0.497 e. The molecule has 0 aliphatic heterocycles. The lowest BCUT2D eigenvalue weighted by Gasteiger charge is -2.13. The Hall–Kier alpha value is -2.16. The van der Waals surface area contributed by atoms with E-state index >= 15 is 0 Å². The molecule has 0 saturated carbocycles. The van der Waals surface area contributed by atoms with Gasteiger partial charge in [-0.15, -0.1) is 24.0 Å². The zero-order chi connectivity index (χ0) is 20.4. The van der Waals surface area contributed by atoms with Crippen molar-refractivity contribution in [1.29, 1.82) is 0 Å². The first-order valence-electron chi connectivity index (χ1n) is 9.47. The number of nitrogens with one attached hydrogen (secondary N) is 2. The standard InChI is InChI=1S/C22H31N3O3.HI/c1-6-23-22(25-15-18-11-16(2)12-19(13-18)26-3)24-10-9-17-7-8-20(27-4)21(14-17)28-5;/h7-8,11-14H,6,9-10,15H2,1-5H3,(H2,23,24,25);1H. The molecular weight excluding hydrogens is 481 g/mol. The number of benzene rings is 2. The highest BCUT2D eigenvalue weighted by atomic mass is 127. The lowest BCUT2D eigenvalue weighted by molar-refractivity contribution is 0.354. The molecule has 0 bridgehead atoms. The van der Waals surface area contributed by atoms with Crippen molar-refractivity contribution in [3.8, 4) is 17.2 Å². The molecule has 6 nitrogen and oxygen atoms in total. The van der Waals surface area contributed by atoms with Crippen molar-refractivity contribution in [3.05, 3.63) is 53.1 Å². The lowest BCUT2D eigenvalue weighted by Crippen LogP contribution is -2.38. The first-order valence-corrected chi connectivity index (χ1v) is 9.47. The van der Waals surface area contributed by atoms with E-state index in [0.29, 0.717) is 6.54 Å². The number of hydrogen-bond acceptors (Lipinski definition) is 4. The van der Waals surface area contributed by atoms with E-state index in [4.69, 9.17) is 14.2 Å². The summed E-state index contributed by atoms with van der Waals surface area (Å²) >= 11 is 0. The molecule has 0 atom stereocenters. The molecule has 2 aromatic carbocycles. The number of guanidine groups is 1. The summed E-state index contributed by atoms with van der Waals surface area (Å²) in [7, 11) is 4.97. The maximum atomic E-state index is 5.37. The van der Waals surface area contributed by atoms with E-state index in [0.717, 1.165) is 53.8 Å². The van der Waals surface area contributed by atoms with E-state index in [1.807, 2.05) is 30.3 Å². The van der Waals surface area contributed by atoms with Gasteiger partial charge >= 0.3 is 0 Å². The molecule has 2 aromatic rings. The van der Waals surface area contributed by atoms with E-state index in [1.54, 1.807) is 21.3 Å². The quantitative estimate of drug-likeness (QED) is 0.302. The van der Waals surface area contributed by atoms with Crippen molar-refractivity contribution in [2.45, 2.75) is 26.8 Å². The van der Waals surface area contributed by atoms with Crippen LogP contribution in [-0.4, -0.2) is 40.4 Å². The number of hydrogen-bond donors (Lipinski definition) is 2. The SMILES string of the molecule is CCNC(=NCc1cc(C)cc(OC)c1)NCCc1ccc(OC)c(OC)c1.I. The third-order valence-electron chi connectivity index (χ3n) is 4.26. The van der Waals surface area contributed by atoms with Gasteiger partial charge < -0.3 is 24.8 Å². The number of methoxy groups -OCH3 is 3. The molecule has 2 N–H and O–H groups in total. The monoisotopic (exact) mass is 513 g/mol. The Labute approximate surface area is 191 Å². The van der Waals surface area contributed by atoms with Gasteiger partial charge in [0.05, 0.1) is 27.9 Å². The molecule has 0 saturated heterocycles. The van der Waals surface area contributed by atoms with Crippen molar-refractivity contribution in [2.24, 2.45) is 4.99 Å². The van der Waals surface area contributed by atoms with Crippen molar-refractivity contribution >= 4 is 29.9 Å². The Morgan fingerprint density at radius 2 is 1.66 bits per heavy atom. The van der Waals surface area contributed by atoms with Crippen LogP contribution < -0.4 is 24.8 Å². The summed E-state index contributed by atoms with van der Waals surface area (Å²) < 4.78 is 16.0. The van der Waals surface area contributed by atoms with Gasteiger partial charge in [-0.05, 0) is 61.2 Å². The van der Waals surface area contributed by atoms with E-state index in [9.17, 15) is 0 Å². The topological polar surface area (TPSA) is 64.1 Å². The summed E-state index contributed by atoms with van der Waals surface area (Å²) in [6.45, 7) is 6.27. The van der Waals surface area contributed by atoms with Gasteiger partial charge in [0.1, 0.15) is 5.75 Å². The van der Waals surface area contributed by atoms with Crippen LogP contribution in [0.5, 0.6) is 17.2 Å². The van der Waals surface area contributed by atoms with Crippen LogP contribution in [0.3, 0.4) is 0 Å². The van der Waals surface area contributed by atoms with Crippen LogP contribution in [0, 0.1) is 6.92 Å². The van der Waals surface area contributed by atoms with Gasteiger partial charge in [-0.3, -0.25) is 0 Å². The number of ether oxygens (including phenoxy) is 3. The van der Waals surface area contributed by atoms with Gasteiger partial charge in [0.2, 0.25) is 0 Å². The molecule has 0 spiro atoms. The van der Waals surface area contributed by atoms with Crippen LogP contribution in [-0.2, 0) is 13.0 Å². The number of rotatable bonds is 9. The highest BCUT2D eigenvalue weighted by molar-refractivity contribution is 14.0. The fourth-order valence-corrected chi connectivity index (χ4v) is 2.91. The van der Waals surface area contributed by atoms with E-state index < -0.39 is 0 Å². The highest BCUT2D eigenvalue weighted by Gasteiger charge is 2.05. The van der Waals surface area contributed by atoms with Crippen LogP contribution >= 0.6 is 24.0 Å². The summed E-state index contributed by atoms with van der Waals surface area (Å²) in [5, 5.41) is 6.67. The average Bonchev–Trinajstić information content (AvgIpc) is 2.71. The molecule has 29 heavy (non-hydrogen) atoms. The summed E-state index contributed by atoms with van der Waals surface area (Å²) in [6.07, 6.45) is 0.850. The maximum absolute atomic E-state index is 5.37. The Morgan fingerprint density at radius 1 is 0.897 bits per heavy atom. The van der Waals surface area contributed by atoms with Crippen molar-refractivity contribution < 1.29 is 14.2 Å². The van der Waals surface area contributed by atoms with Gasteiger partial charge in [0.25, 0.3) is 0 Å². The molecule has 0 radical (unpaired) electrons. The molecule has 0 aliphatic carbocycles. The molecule has 0 amide bonds. The maximum Gasteiger partial charge on any atom is 0.191 e. The number of aryl methyl sites for hydroxylation is 1. The molecular formula is C22H32IN3O3. The second kappa shape index (κ2) is 13.1. The van der Waals surface area contributed by atoms with Gasteiger partial charge in [-0.2, -0.15) is 0 Å². The van der Waals surface area contributed by atoms with E-state index in [1.165, 1.54) is 5.56 Å². The van der Waals surface area contributed by atoms with Crippen LogP contribution in [0.1, 0.15) is 23.6 Å². The molecule has 160 valence electrons. The first kappa shape index (κ1) is 24.9. The van der Waals surface area contributed by atoms with Gasteiger partial charge in [0, 0.05) is 13.1 Å². The zero-order valence-electron chi connectivity index (χ0n) is 17.9. The second-order valence-electron chi connectivity index (χ2n) is 6.42. The third kappa shape index (κ3) is 8.00. The van der Waals surface area contributed by atoms with Crippen LogP contribution in [0.4, 0.5) is 0 Å². The predicted octanol–water partition coefficient (Wildman–Crippen LogP) is 3.94. The lowest BCUT2D eigenvalue weighted by atomic mass is 10.1. The fourth-order valence-electron chi connectivity index (χ4n) is 2.91. The summed E-state index contributed by atoms with van der Waals surface area (Å²) in [5.74, 6) is 3.14. The highest BCUT2D eigenvalue weighted by Crippen LogP contribution is 2.27. The molecule has 0 aliphatic rings. The number of halogens is 1. The summed E-state index contributed by atoms with van der Waals surface area (Å²) in [4.78, 5) is 4.69. The van der Waals surface area contributed by atoms with Crippen molar-refractivity contribution in [2.75, 3.05) is 34.4 Å². The molecule has 2 rings (SSSR count). The smallest absolute Gasteiger partial charge is 0.191 e. The van der Waals surface area contributed by atoms with Crippen LogP contribution in [0.25, 0.3) is 0 Å². The minimum absolute atomic E-state index is 0. The van der Waals surface area contributed by atoms with Crippen molar-refractivity contribution in [3.63, 3.8) is 0 Å². The van der Waals surface area contributed by atoms with E-state index in [2.05, 4.69) is 35.5 Å². The predicted molar refractivity (Wildman–Crippen MR) is 129 cm³/mol. The van der Waals surface area contributed by atoms with Crippen LogP contribution in [0.15, 0.2) is 41.4 Å². The van der Waals surface area contributed by atoms with Crippen molar-refractivity contribution in [1.82, 2.24) is 10.6 Å². The molecule has 7 heteroatoms. The van der Waals surface area contributed by atoms with Gasteiger partial charge in [-0.1, -0.05) is 12.1 Å². The normalized spacial score (nSPS) is 10.7. The Bertz CT molecular complexity index is 797.